The molecule has 2 aromatic rings. The van der Waals surface area contributed by atoms with Crippen molar-refractivity contribution in [1.82, 2.24) is 9.97 Å². The first kappa shape index (κ1) is 11.1. The third-order valence-corrected chi connectivity index (χ3v) is 5.97. The molecule has 1 atom stereocenters. The molecular formula is C11H12N2O2S2. The van der Waals surface area contributed by atoms with Crippen LogP contribution in [0.1, 0.15) is 6.42 Å². The van der Waals surface area contributed by atoms with E-state index in [4.69, 9.17) is 0 Å². The molecule has 0 unspecified atom stereocenters. The van der Waals surface area contributed by atoms with Gasteiger partial charge in [0.15, 0.2) is 15.0 Å². The zero-order valence-corrected chi connectivity index (χ0v) is 10.7. The van der Waals surface area contributed by atoms with Gasteiger partial charge in [0.25, 0.3) is 0 Å². The highest BCUT2D eigenvalue weighted by atomic mass is 32.2. The highest BCUT2D eigenvalue weighted by Gasteiger charge is 2.29. The van der Waals surface area contributed by atoms with Crippen molar-refractivity contribution in [3.63, 3.8) is 0 Å². The zero-order chi connectivity index (χ0) is 11.9. The number of nitrogens with one attached hydrogen (secondary N) is 1. The maximum atomic E-state index is 11.4. The molecule has 3 rings (SSSR count). The van der Waals surface area contributed by atoms with E-state index in [-0.39, 0.29) is 11.0 Å². The van der Waals surface area contributed by atoms with Crippen molar-refractivity contribution in [1.29, 1.82) is 0 Å². The summed E-state index contributed by atoms with van der Waals surface area (Å²) in [5.74, 6) is 0.583. The van der Waals surface area contributed by atoms with Gasteiger partial charge >= 0.3 is 0 Å². The number of aromatic amines is 1. The summed E-state index contributed by atoms with van der Waals surface area (Å²) in [7, 11) is -2.81. The fraction of sp³-hybridized carbons (Fsp3) is 0.364. The third-order valence-electron chi connectivity index (χ3n) is 2.84. The number of sulfone groups is 1. The first-order chi connectivity index (χ1) is 8.12. The van der Waals surface area contributed by atoms with Crippen molar-refractivity contribution in [2.24, 2.45) is 0 Å². The predicted octanol–water partition coefficient (Wildman–Crippen LogP) is 1.84. The fourth-order valence-electron chi connectivity index (χ4n) is 2.00. The van der Waals surface area contributed by atoms with E-state index in [9.17, 15) is 8.42 Å². The fourth-order valence-corrected chi connectivity index (χ4v) is 5.46. The first-order valence-corrected chi connectivity index (χ1v) is 8.14. The van der Waals surface area contributed by atoms with Crippen LogP contribution in [0.3, 0.4) is 0 Å². The molecule has 1 aromatic heterocycles. The molecule has 1 saturated heterocycles. The molecule has 4 nitrogen and oxygen atoms in total. The van der Waals surface area contributed by atoms with Crippen LogP contribution in [0.25, 0.3) is 11.0 Å². The van der Waals surface area contributed by atoms with Gasteiger partial charge in [-0.25, -0.2) is 13.4 Å². The van der Waals surface area contributed by atoms with Gasteiger partial charge in [0.05, 0.1) is 22.5 Å². The van der Waals surface area contributed by atoms with Crippen LogP contribution in [0.5, 0.6) is 0 Å². The summed E-state index contributed by atoms with van der Waals surface area (Å²) in [6, 6.07) is 7.81. The molecule has 0 bridgehead atoms. The Morgan fingerprint density at radius 2 is 2.18 bits per heavy atom. The van der Waals surface area contributed by atoms with Gasteiger partial charge in [0.2, 0.25) is 0 Å². The van der Waals surface area contributed by atoms with E-state index in [1.165, 1.54) is 11.8 Å². The first-order valence-electron chi connectivity index (χ1n) is 5.44. The molecule has 2 heterocycles. The van der Waals surface area contributed by atoms with E-state index < -0.39 is 9.84 Å². The van der Waals surface area contributed by atoms with Gasteiger partial charge in [-0.05, 0) is 18.6 Å². The third kappa shape index (κ3) is 2.32. The Balaban J connectivity index is 1.81. The maximum Gasteiger partial charge on any atom is 0.166 e. The molecule has 90 valence electrons. The zero-order valence-electron chi connectivity index (χ0n) is 9.09. The molecule has 1 N–H and O–H groups in total. The van der Waals surface area contributed by atoms with Gasteiger partial charge in [0, 0.05) is 5.25 Å². The number of benzene rings is 1. The van der Waals surface area contributed by atoms with Gasteiger partial charge < -0.3 is 4.98 Å². The molecule has 1 fully saturated rings. The highest BCUT2D eigenvalue weighted by Crippen LogP contribution is 2.30. The van der Waals surface area contributed by atoms with Crippen LogP contribution >= 0.6 is 11.8 Å². The van der Waals surface area contributed by atoms with Gasteiger partial charge in [-0.2, -0.15) is 0 Å². The van der Waals surface area contributed by atoms with Crippen molar-refractivity contribution in [2.45, 2.75) is 16.8 Å². The van der Waals surface area contributed by atoms with Crippen molar-refractivity contribution in [2.75, 3.05) is 11.5 Å². The lowest BCUT2D eigenvalue weighted by Crippen LogP contribution is -2.06. The van der Waals surface area contributed by atoms with E-state index in [1.807, 2.05) is 24.3 Å². The predicted molar refractivity (Wildman–Crippen MR) is 69.0 cm³/mol. The minimum atomic E-state index is -2.81. The Kier molecular flexibility index (Phi) is 2.63. The van der Waals surface area contributed by atoms with Crippen LogP contribution in [0.15, 0.2) is 29.4 Å². The van der Waals surface area contributed by atoms with Gasteiger partial charge in [-0.3, -0.25) is 0 Å². The molecule has 0 amide bonds. The van der Waals surface area contributed by atoms with Gasteiger partial charge in [-0.1, -0.05) is 23.9 Å². The summed E-state index contributed by atoms with van der Waals surface area (Å²) in [4.78, 5) is 7.64. The molecular weight excluding hydrogens is 256 g/mol. The quantitative estimate of drug-likeness (QED) is 0.902. The number of hydrogen-bond acceptors (Lipinski definition) is 4. The van der Waals surface area contributed by atoms with E-state index in [1.54, 1.807) is 0 Å². The molecule has 0 aliphatic carbocycles. The lowest BCUT2D eigenvalue weighted by atomic mass is 10.3. The second kappa shape index (κ2) is 4.03. The number of hydrogen-bond donors (Lipinski definition) is 1. The average Bonchev–Trinajstić information content (AvgIpc) is 2.81. The van der Waals surface area contributed by atoms with Crippen LogP contribution in [-0.2, 0) is 9.84 Å². The van der Waals surface area contributed by atoms with E-state index in [2.05, 4.69) is 9.97 Å². The summed E-state index contributed by atoms with van der Waals surface area (Å²) >= 11 is 1.53. The number of fused-ring (bicyclic) bond motifs is 1. The van der Waals surface area contributed by atoms with E-state index in [0.717, 1.165) is 22.6 Å². The summed E-state index contributed by atoms with van der Waals surface area (Å²) in [5, 5.41) is 0.953. The number of aromatic nitrogens is 2. The van der Waals surface area contributed by atoms with Crippen molar-refractivity contribution in [3.8, 4) is 0 Å². The smallest absolute Gasteiger partial charge is 0.166 e. The summed E-state index contributed by atoms with van der Waals surface area (Å²) in [6.07, 6.45) is 0.726. The maximum absolute atomic E-state index is 11.4. The molecule has 1 aliphatic heterocycles. The average molecular weight is 268 g/mol. The molecule has 17 heavy (non-hydrogen) atoms. The van der Waals surface area contributed by atoms with Crippen LogP contribution < -0.4 is 0 Å². The lowest BCUT2D eigenvalue weighted by molar-refractivity contribution is 0.602. The summed E-state index contributed by atoms with van der Waals surface area (Å²) in [6.45, 7) is 0. The Labute approximate surface area is 104 Å². The SMILES string of the molecule is O=S1(=O)CC[C@@H](Sc2nc3ccccc3[nH]2)C1. The van der Waals surface area contributed by atoms with Gasteiger partial charge in [-0.15, -0.1) is 0 Å². The normalized spacial score (nSPS) is 23.2. The molecule has 0 radical (unpaired) electrons. The molecule has 0 saturated carbocycles. The lowest BCUT2D eigenvalue weighted by Gasteiger charge is -2.02. The van der Waals surface area contributed by atoms with Crippen LogP contribution in [0.2, 0.25) is 0 Å². The number of para-hydroxylation sites is 2. The second-order valence-electron chi connectivity index (χ2n) is 4.20. The topological polar surface area (TPSA) is 62.8 Å². The Hall–Kier alpha value is -1.01. The Bertz CT molecular complexity index is 615. The van der Waals surface area contributed by atoms with Crippen molar-refractivity contribution < 1.29 is 8.42 Å². The number of H-pyrrole nitrogens is 1. The molecule has 0 spiro atoms. The number of nitrogens with zero attached hydrogens (tertiary/aromatic N) is 1. The number of imidazole rings is 1. The Morgan fingerprint density at radius 3 is 2.88 bits per heavy atom. The van der Waals surface area contributed by atoms with Crippen LogP contribution in [0, 0.1) is 0 Å². The van der Waals surface area contributed by atoms with Crippen molar-refractivity contribution >= 4 is 32.6 Å². The largest absolute Gasteiger partial charge is 0.333 e. The second-order valence-corrected chi connectivity index (χ2v) is 7.72. The molecule has 1 aliphatic rings. The summed E-state index contributed by atoms with van der Waals surface area (Å²) < 4.78 is 22.7. The van der Waals surface area contributed by atoms with Gasteiger partial charge in [0.1, 0.15) is 0 Å². The standard InChI is InChI=1S/C11H12N2O2S2/c14-17(15)6-5-8(7-17)16-11-12-9-3-1-2-4-10(9)13-11/h1-4,8H,5-7H2,(H,12,13)/t8-/m1/s1. The minimum absolute atomic E-state index is 0.139. The van der Waals surface area contributed by atoms with E-state index >= 15 is 0 Å². The summed E-state index contributed by atoms with van der Waals surface area (Å²) in [5.41, 5.74) is 1.92. The highest BCUT2D eigenvalue weighted by molar-refractivity contribution is 8.01. The monoisotopic (exact) mass is 268 g/mol. The minimum Gasteiger partial charge on any atom is -0.333 e. The van der Waals surface area contributed by atoms with Crippen LogP contribution in [-0.4, -0.2) is 35.1 Å². The molecule has 6 heteroatoms. The number of thioether (sulfide) groups is 1. The van der Waals surface area contributed by atoms with Crippen molar-refractivity contribution in [3.05, 3.63) is 24.3 Å². The molecule has 1 aromatic carbocycles. The Morgan fingerprint density at radius 1 is 1.35 bits per heavy atom. The van der Waals surface area contributed by atoms with Crippen LogP contribution in [0.4, 0.5) is 0 Å². The van der Waals surface area contributed by atoms with E-state index in [0.29, 0.717) is 5.75 Å². The number of rotatable bonds is 2.